The highest BCUT2D eigenvalue weighted by Crippen LogP contribution is 2.36. The lowest BCUT2D eigenvalue weighted by Crippen LogP contribution is -2.41. The van der Waals surface area contributed by atoms with Crippen LogP contribution in [-0.4, -0.2) is 43.7 Å². The van der Waals surface area contributed by atoms with E-state index in [4.69, 9.17) is 16.3 Å². The summed E-state index contributed by atoms with van der Waals surface area (Å²) in [6, 6.07) is 8.10. The number of hydrogen-bond donors (Lipinski definition) is 1. The van der Waals surface area contributed by atoms with Crippen LogP contribution in [0.1, 0.15) is 31.4 Å². The van der Waals surface area contributed by atoms with Gasteiger partial charge in [0, 0.05) is 24.7 Å². The second-order valence-electron chi connectivity index (χ2n) is 5.40. The lowest BCUT2D eigenvalue weighted by Gasteiger charge is -2.30. The van der Waals surface area contributed by atoms with Crippen LogP contribution in [0.4, 0.5) is 0 Å². The molecule has 1 unspecified atom stereocenters. The van der Waals surface area contributed by atoms with E-state index in [1.165, 1.54) is 0 Å². The number of benzene rings is 1. The second-order valence-corrected chi connectivity index (χ2v) is 5.81. The Morgan fingerprint density at radius 3 is 2.81 bits per heavy atom. The van der Waals surface area contributed by atoms with Gasteiger partial charge in [0.15, 0.2) is 0 Å². The fourth-order valence-corrected chi connectivity index (χ4v) is 2.81. The fourth-order valence-electron chi connectivity index (χ4n) is 2.51. The van der Waals surface area contributed by atoms with Crippen LogP contribution in [-0.2, 0) is 9.53 Å². The third-order valence-corrected chi connectivity index (χ3v) is 4.10. The number of nitrogens with zero attached hydrogens (tertiary/aromatic N) is 1. The van der Waals surface area contributed by atoms with Crippen molar-refractivity contribution in [1.82, 2.24) is 10.2 Å². The van der Waals surface area contributed by atoms with E-state index < -0.39 is 0 Å². The van der Waals surface area contributed by atoms with Gasteiger partial charge in [0.1, 0.15) is 0 Å². The molecule has 1 amide bonds. The molecular weight excluding hydrogens is 288 g/mol. The summed E-state index contributed by atoms with van der Waals surface area (Å²) in [6.45, 7) is 3.68. The van der Waals surface area contributed by atoms with Crippen LogP contribution in [0.5, 0.6) is 0 Å². The maximum absolute atomic E-state index is 12.5. The molecule has 1 aliphatic carbocycles. The largest absolute Gasteiger partial charge is 0.383 e. The molecule has 1 aromatic rings. The van der Waals surface area contributed by atoms with Gasteiger partial charge in [-0.3, -0.25) is 4.79 Å². The predicted octanol–water partition coefficient (Wildman–Crippen LogP) is 2.63. The average Bonchev–Trinajstić information content (AvgIpc) is 3.29. The Morgan fingerprint density at radius 1 is 1.48 bits per heavy atom. The van der Waals surface area contributed by atoms with E-state index in [0.29, 0.717) is 25.7 Å². The van der Waals surface area contributed by atoms with E-state index in [0.717, 1.165) is 23.4 Å². The van der Waals surface area contributed by atoms with Gasteiger partial charge in [-0.25, -0.2) is 0 Å². The lowest BCUT2D eigenvalue weighted by molar-refractivity contribution is -0.133. The second kappa shape index (κ2) is 7.78. The van der Waals surface area contributed by atoms with Crippen LogP contribution in [0.25, 0.3) is 0 Å². The zero-order valence-electron chi connectivity index (χ0n) is 12.6. The molecule has 1 saturated carbocycles. The molecule has 0 bridgehead atoms. The van der Waals surface area contributed by atoms with Crippen molar-refractivity contribution in [3.8, 4) is 0 Å². The number of methoxy groups -OCH3 is 1. The highest BCUT2D eigenvalue weighted by Gasteiger charge is 2.36. The molecule has 21 heavy (non-hydrogen) atoms. The van der Waals surface area contributed by atoms with Crippen LogP contribution < -0.4 is 5.32 Å². The van der Waals surface area contributed by atoms with E-state index in [1.54, 1.807) is 7.11 Å². The number of halogens is 1. The molecule has 5 heteroatoms. The van der Waals surface area contributed by atoms with Gasteiger partial charge >= 0.3 is 0 Å². The molecule has 1 aliphatic rings. The van der Waals surface area contributed by atoms with Crippen LogP contribution >= 0.6 is 11.6 Å². The minimum absolute atomic E-state index is 0.00271. The summed E-state index contributed by atoms with van der Waals surface area (Å²) in [5.74, 6) is 0.126. The zero-order valence-corrected chi connectivity index (χ0v) is 13.4. The van der Waals surface area contributed by atoms with Crippen molar-refractivity contribution in [2.75, 3.05) is 26.8 Å². The van der Waals surface area contributed by atoms with Crippen molar-refractivity contribution in [2.45, 2.75) is 31.8 Å². The summed E-state index contributed by atoms with van der Waals surface area (Å²) in [5, 5.41) is 3.84. The van der Waals surface area contributed by atoms with Gasteiger partial charge in [-0.1, -0.05) is 29.8 Å². The standard InChI is InChI=1S/C16H23ClN2O2/c1-12(14-5-3-4-6-15(14)17)19(13-7-8-13)16(20)11-18-9-10-21-2/h3-6,12-13,18H,7-11H2,1-2H3. The van der Waals surface area contributed by atoms with Gasteiger partial charge in [-0.2, -0.15) is 0 Å². The molecule has 0 radical (unpaired) electrons. The van der Waals surface area contributed by atoms with Crippen molar-refractivity contribution in [3.63, 3.8) is 0 Å². The first kappa shape index (κ1) is 16.3. The molecular formula is C16H23ClN2O2. The molecule has 0 saturated heterocycles. The fraction of sp³-hybridized carbons (Fsp3) is 0.562. The van der Waals surface area contributed by atoms with Gasteiger partial charge in [0.05, 0.1) is 19.2 Å². The predicted molar refractivity (Wildman–Crippen MR) is 84.5 cm³/mol. The number of rotatable bonds is 8. The molecule has 1 atom stereocenters. The van der Waals surface area contributed by atoms with Crippen molar-refractivity contribution in [1.29, 1.82) is 0 Å². The number of amides is 1. The van der Waals surface area contributed by atoms with Gasteiger partial charge in [0.25, 0.3) is 0 Å². The molecule has 0 spiro atoms. The summed E-state index contributed by atoms with van der Waals surface area (Å²) >= 11 is 6.27. The molecule has 116 valence electrons. The van der Waals surface area contributed by atoms with E-state index in [-0.39, 0.29) is 11.9 Å². The average molecular weight is 311 g/mol. The smallest absolute Gasteiger partial charge is 0.237 e. The monoisotopic (exact) mass is 310 g/mol. The summed E-state index contributed by atoms with van der Waals surface area (Å²) < 4.78 is 4.97. The van der Waals surface area contributed by atoms with Gasteiger partial charge in [-0.15, -0.1) is 0 Å². The van der Waals surface area contributed by atoms with E-state index in [2.05, 4.69) is 5.32 Å². The van der Waals surface area contributed by atoms with Crippen molar-refractivity contribution in [2.24, 2.45) is 0 Å². The number of carbonyl (C=O) groups excluding carboxylic acids is 1. The first-order valence-corrected chi connectivity index (χ1v) is 7.78. The highest BCUT2D eigenvalue weighted by atomic mass is 35.5. The molecule has 0 aliphatic heterocycles. The quantitative estimate of drug-likeness (QED) is 0.751. The molecule has 1 aromatic carbocycles. The van der Waals surface area contributed by atoms with Crippen molar-refractivity contribution >= 4 is 17.5 Å². The Labute approximate surface area is 131 Å². The van der Waals surface area contributed by atoms with E-state index in [9.17, 15) is 4.79 Å². The SMILES string of the molecule is COCCNCC(=O)N(C1CC1)C(C)c1ccccc1Cl. The summed E-state index contributed by atoms with van der Waals surface area (Å²) in [5.41, 5.74) is 1.01. The Balaban J connectivity index is 2.01. The maximum atomic E-state index is 12.5. The van der Waals surface area contributed by atoms with E-state index in [1.807, 2.05) is 36.1 Å². The summed E-state index contributed by atoms with van der Waals surface area (Å²) in [6.07, 6.45) is 2.16. The topological polar surface area (TPSA) is 41.6 Å². The Hall–Kier alpha value is -1.10. The Kier molecular flexibility index (Phi) is 6.03. The lowest BCUT2D eigenvalue weighted by atomic mass is 10.1. The van der Waals surface area contributed by atoms with Crippen molar-refractivity contribution < 1.29 is 9.53 Å². The molecule has 0 aromatic heterocycles. The number of hydrogen-bond acceptors (Lipinski definition) is 3. The molecule has 1 N–H and O–H groups in total. The number of nitrogens with one attached hydrogen (secondary N) is 1. The molecule has 0 heterocycles. The number of ether oxygens (including phenoxy) is 1. The van der Waals surface area contributed by atoms with Crippen molar-refractivity contribution in [3.05, 3.63) is 34.9 Å². The van der Waals surface area contributed by atoms with Gasteiger partial charge in [-0.05, 0) is 31.4 Å². The van der Waals surface area contributed by atoms with Crippen LogP contribution in [0.2, 0.25) is 5.02 Å². The van der Waals surface area contributed by atoms with E-state index >= 15 is 0 Å². The molecule has 2 rings (SSSR count). The third kappa shape index (κ3) is 4.43. The summed E-state index contributed by atoms with van der Waals surface area (Å²) in [7, 11) is 1.65. The third-order valence-electron chi connectivity index (χ3n) is 3.76. The first-order chi connectivity index (χ1) is 10.1. The van der Waals surface area contributed by atoms with Gasteiger partial charge < -0.3 is 15.0 Å². The normalized spacial score (nSPS) is 15.8. The Bertz CT molecular complexity index is 477. The van der Waals surface area contributed by atoms with Crippen LogP contribution in [0.15, 0.2) is 24.3 Å². The Morgan fingerprint density at radius 2 is 2.19 bits per heavy atom. The first-order valence-electron chi connectivity index (χ1n) is 7.40. The molecule has 4 nitrogen and oxygen atoms in total. The van der Waals surface area contributed by atoms with Crippen LogP contribution in [0.3, 0.4) is 0 Å². The van der Waals surface area contributed by atoms with Crippen LogP contribution in [0, 0.1) is 0 Å². The summed E-state index contributed by atoms with van der Waals surface area (Å²) in [4.78, 5) is 14.5. The maximum Gasteiger partial charge on any atom is 0.237 e. The molecule has 1 fully saturated rings. The minimum atomic E-state index is 0.00271. The zero-order chi connectivity index (χ0) is 15.2. The highest BCUT2D eigenvalue weighted by molar-refractivity contribution is 6.31. The van der Waals surface area contributed by atoms with Gasteiger partial charge in [0.2, 0.25) is 5.91 Å². The number of carbonyl (C=O) groups is 1. The minimum Gasteiger partial charge on any atom is -0.383 e.